The zero-order valence-corrected chi connectivity index (χ0v) is 19.9. The van der Waals surface area contributed by atoms with Crippen LogP contribution in [-0.2, 0) is 21.2 Å². The maximum absolute atomic E-state index is 12.9. The van der Waals surface area contributed by atoms with Gasteiger partial charge < -0.3 is 14.9 Å². The average Bonchev–Trinajstić information content (AvgIpc) is 3.41. The smallest absolute Gasteiger partial charge is 0.329 e. The molecule has 2 aromatic carbocycles. The molecule has 178 valence electrons. The molecule has 3 aromatic rings. The molecule has 0 unspecified atom stereocenters. The van der Waals surface area contributed by atoms with E-state index in [2.05, 4.69) is 0 Å². The Hall–Kier alpha value is -2.88. The number of aromatic nitrogens is 1. The van der Waals surface area contributed by atoms with Crippen LogP contribution in [0.5, 0.6) is 0 Å². The van der Waals surface area contributed by atoms with E-state index in [1.807, 2.05) is 17.0 Å². The van der Waals surface area contributed by atoms with Gasteiger partial charge in [-0.3, -0.25) is 9.36 Å². The number of halogens is 1. The van der Waals surface area contributed by atoms with Crippen LogP contribution < -0.4 is 0 Å². The predicted molar refractivity (Wildman–Crippen MR) is 127 cm³/mol. The monoisotopic (exact) mass is 501 g/mol. The van der Waals surface area contributed by atoms with E-state index in [4.69, 9.17) is 11.6 Å². The topological polar surface area (TPSA) is 99.9 Å². The van der Waals surface area contributed by atoms with Crippen molar-refractivity contribution in [3.8, 4) is 0 Å². The van der Waals surface area contributed by atoms with Gasteiger partial charge in [0.05, 0.1) is 17.2 Å². The van der Waals surface area contributed by atoms with Gasteiger partial charge in [0.1, 0.15) is 6.10 Å². The van der Waals surface area contributed by atoms with Crippen molar-refractivity contribution in [1.29, 1.82) is 0 Å². The molecule has 1 atom stereocenters. The lowest BCUT2D eigenvalue weighted by molar-refractivity contribution is -0.140. The van der Waals surface area contributed by atoms with Gasteiger partial charge in [-0.25, -0.2) is 13.2 Å². The van der Waals surface area contributed by atoms with Gasteiger partial charge in [-0.2, -0.15) is 0 Å². The predicted octanol–water partition coefficient (Wildman–Crippen LogP) is 2.90. The maximum atomic E-state index is 12.9. The zero-order valence-electron chi connectivity index (χ0n) is 18.3. The normalized spacial score (nSPS) is 17.9. The Morgan fingerprint density at radius 1 is 1.09 bits per heavy atom. The molecule has 5 rings (SSSR count). The first-order valence-corrected chi connectivity index (χ1v) is 13.1. The Balaban J connectivity index is 1.20. The SMILES string of the molecule is O=C([C@H](O)CS(=O)(=O)c1ccc2cc(Cl)ccc2c1)N1CCC(N2Cc3cccn3C2=O)CC1. The van der Waals surface area contributed by atoms with Gasteiger partial charge in [0.15, 0.2) is 9.84 Å². The molecule has 2 aliphatic heterocycles. The molecule has 1 fully saturated rings. The molecule has 34 heavy (non-hydrogen) atoms. The van der Waals surface area contributed by atoms with Gasteiger partial charge in [0.2, 0.25) is 0 Å². The molecule has 0 saturated carbocycles. The van der Waals surface area contributed by atoms with E-state index in [0.717, 1.165) is 11.1 Å². The van der Waals surface area contributed by atoms with Crippen molar-refractivity contribution in [2.45, 2.75) is 36.4 Å². The number of amides is 2. The number of sulfone groups is 1. The lowest BCUT2D eigenvalue weighted by Crippen LogP contribution is -2.50. The van der Waals surface area contributed by atoms with E-state index in [-0.39, 0.29) is 17.0 Å². The van der Waals surface area contributed by atoms with E-state index < -0.39 is 27.6 Å². The number of benzene rings is 2. The fourth-order valence-electron chi connectivity index (χ4n) is 4.77. The maximum Gasteiger partial charge on any atom is 0.329 e. The van der Waals surface area contributed by atoms with E-state index in [1.54, 1.807) is 35.0 Å². The Bertz CT molecular complexity index is 1380. The second-order valence-corrected chi connectivity index (χ2v) is 11.3. The Labute approximate surface area is 202 Å². The standard InChI is InChI=1S/C24H24ClN3O5S/c25-18-5-3-17-13-21(6-4-16(17)12-18)34(32,33)15-22(29)23(30)26-10-7-19(8-11-26)28-14-20-2-1-9-27(20)24(28)31/h1-6,9,12-13,19,22,29H,7-8,10-11,14-15H2/t22-/m1/s1. The highest BCUT2D eigenvalue weighted by atomic mass is 35.5. The largest absolute Gasteiger partial charge is 0.382 e. The number of carbonyl (C=O) groups is 2. The van der Waals surface area contributed by atoms with Crippen molar-refractivity contribution >= 4 is 44.1 Å². The molecular formula is C24H24ClN3O5S. The van der Waals surface area contributed by atoms with Crippen LogP contribution in [0.25, 0.3) is 10.8 Å². The number of nitrogens with zero attached hydrogens (tertiary/aromatic N) is 3. The fourth-order valence-corrected chi connectivity index (χ4v) is 6.28. The van der Waals surface area contributed by atoms with Gasteiger partial charge >= 0.3 is 6.03 Å². The Morgan fingerprint density at radius 2 is 1.79 bits per heavy atom. The van der Waals surface area contributed by atoms with Crippen LogP contribution in [0.3, 0.4) is 0 Å². The van der Waals surface area contributed by atoms with Crippen LogP contribution >= 0.6 is 11.6 Å². The number of hydrogen-bond donors (Lipinski definition) is 1. The Kier molecular flexibility index (Phi) is 5.87. The van der Waals surface area contributed by atoms with Gasteiger partial charge in [-0.15, -0.1) is 0 Å². The fraction of sp³-hybridized carbons (Fsp3) is 0.333. The molecule has 8 nitrogen and oxygen atoms in total. The van der Waals surface area contributed by atoms with Crippen LogP contribution in [-0.4, -0.2) is 70.8 Å². The van der Waals surface area contributed by atoms with Crippen LogP contribution in [0.1, 0.15) is 18.5 Å². The first-order chi connectivity index (χ1) is 16.2. The van der Waals surface area contributed by atoms with E-state index in [0.29, 0.717) is 42.9 Å². The molecule has 1 saturated heterocycles. The molecule has 1 N–H and O–H groups in total. The van der Waals surface area contributed by atoms with Crippen molar-refractivity contribution < 1.29 is 23.1 Å². The van der Waals surface area contributed by atoms with Crippen molar-refractivity contribution in [3.05, 3.63) is 65.4 Å². The summed E-state index contributed by atoms with van der Waals surface area (Å²) in [5.41, 5.74) is 0.945. The highest BCUT2D eigenvalue weighted by molar-refractivity contribution is 7.91. The molecule has 0 spiro atoms. The lowest BCUT2D eigenvalue weighted by Gasteiger charge is -2.37. The molecule has 1 aromatic heterocycles. The average molecular weight is 502 g/mol. The van der Waals surface area contributed by atoms with Crippen molar-refractivity contribution in [3.63, 3.8) is 0 Å². The summed E-state index contributed by atoms with van der Waals surface area (Å²) in [6, 6.07) is 13.5. The Morgan fingerprint density at radius 3 is 2.53 bits per heavy atom. The second kappa shape index (κ2) is 8.72. The number of carbonyl (C=O) groups excluding carboxylic acids is 2. The number of aliphatic hydroxyl groups is 1. The van der Waals surface area contributed by atoms with Crippen LogP contribution in [0.4, 0.5) is 4.79 Å². The summed E-state index contributed by atoms with van der Waals surface area (Å²) in [7, 11) is -3.89. The second-order valence-electron chi connectivity index (χ2n) is 8.79. The van der Waals surface area contributed by atoms with Gasteiger partial charge in [-0.05, 0) is 60.0 Å². The molecule has 3 heterocycles. The highest BCUT2D eigenvalue weighted by Gasteiger charge is 2.36. The summed E-state index contributed by atoms with van der Waals surface area (Å²) >= 11 is 5.98. The van der Waals surface area contributed by atoms with Crippen molar-refractivity contribution in [1.82, 2.24) is 14.4 Å². The molecule has 0 bridgehead atoms. The van der Waals surface area contributed by atoms with Gasteiger partial charge in [0, 0.05) is 36.0 Å². The number of piperidine rings is 1. The highest BCUT2D eigenvalue weighted by Crippen LogP contribution is 2.26. The third-order valence-electron chi connectivity index (χ3n) is 6.63. The van der Waals surface area contributed by atoms with Crippen molar-refractivity contribution in [2.24, 2.45) is 0 Å². The third kappa shape index (κ3) is 4.19. The number of fused-ring (bicyclic) bond motifs is 2. The summed E-state index contributed by atoms with van der Waals surface area (Å²) in [6.07, 6.45) is 1.25. The quantitative estimate of drug-likeness (QED) is 0.579. The lowest BCUT2D eigenvalue weighted by atomic mass is 10.0. The number of rotatable bonds is 5. The summed E-state index contributed by atoms with van der Waals surface area (Å²) in [6.45, 7) is 1.26. The van der Waals surface area contributed by atoms with E-state index in [1.165, 1.54) is 17.0 Å². The number of aliphatic hydroxyl groups excluding tert-OH is 1. The molecular weight excluding hydrogens is 478 g/mol. The summed E-state index contributed by atoms with van der Waals surface area (Å²) in [5.74, 6) is -1.29. The minimum atomic E-state index is -3.89. The summed E-state index contributed by atoms with van der Waals surface area (Å²) < 4.78 is 27.4. The molecule has 2 aliphatic rings. The third-order valence-corrected chi connectivity index (χ3v) is 8.59. The van der Waals surface area contributed by atoms with E-state index >= 15 is 0 Å². The summed E-state index contributed by atoms with van der Waals surface area (Å²) in [4.78, 5) is 28.7. The van der Waals surface area contributed by atoms with Gasteiger partial charge in [-0.1, -0.05) is 23.7 Å². The first kappa shape index (κ1) is 22.9. The molecule has 10 heteroatoms. The summed E-state index contributed by atoms with van der Waals surface area (Å²) in [5, 5.41) is 12.5. The zero-order chi connectivity index (χ0) is 24.0. The molecule has 0 radical (unpaired) electrons. The first-order valence-electron chi connectivity index (χ1n) is 11.1. The van der Waals surface area contributed by atoms with E-state index in [9.17, 15) is 23.1 Å². The molecule has 2 amide bonds. The molecule has 0 aliphatic carbocycles. The number of hydrogen-bond acceptors (Lipinski definition) is 5. The van der Waals surface area contributed by atoms with Crippen LogP contribution in [0.15, 0.2) is 59.6 Å². The van der Waals surface area contributed by atoms with Gasteiger partial charge in [0.25, 0.3) is 5.91 Å². The van der Waals surface area contributed by atoms with Crippen LogP contribution in [0.2, 0.25) is 5.02 Å². The minimum absolute atomic E-state index is 0.00317. The van der Waals surface area contributed by atoms with Crippen molar-refractivity contribution in [2.75, 3.05) is 18.8 Å². The number of likely N-dealkylation sites (tertiary alicyclic amines) is 1. The minimum Gasteiger partial charge on any atom is -0.382 e. The van der Waals surface area contributed by atoms with Crippen LogP contribution in [0, 0.1) is 0 Å².